The second kappa shape index (κ2) is 16.3. The van der Waals surface area contributed by atoms with E-state index >= 15 is 8.78 Å². The molecule has 0 saturated heterocycles. The standard InChI is InChI=1S/C46H40ClF10N5O5S2/c1-42(2,69(66,67)29-5-6-29)11-10-27-4-7-30(31-8-9-34(47)37-35(21-68(64,65)43(3)12-13-43)59-62(39(31)37)22-44(50,51)52)38(58-27)24(14-23-15-25(48)18-26(49)16-23)17-28(63)20-61-41-36(40(60-61)46(55,56)57)32-19-33(32)45(41,53)54/h4,7-9,15-16,18,24,29,32-33H,5-6,12-14,17,19-22H2,1-3H3/t24-,32+,33-/m1/s1. The van der Waals surface area contributed by atoms with Crippen LogP contribution in [0.1, 0.15) is 111 Å². The van der Waals surface area contributed by atoms with Crippen LogP contribution < -0.4 is 0 Å². The van der Waals surface area contributed by atoms with E-state index in [1.807, 2.05) is 0 Å². The third kappa shape index (κ3) is 9.04. The Morgan fingerprint density at radius 3 is 2.19 bits per heavy atom. The van der Waals surface area contributed by atoms with Crippen molar-refractivity contribution < 1.29 is 65.5 Å². The number of halogens is 11. The van der Waals surface area contributed by atoms with Gasteiger partial charge in [0.1, 0.15) is 40.9 Å². The Morgan fingerprint density at radius 2 is 1.58 bits per heavy atom. The molecule has 3 saturated carbocycles. The summed E-state index contributed by atoms with van der Waals surface area (Å²) in [4.78, 5) is 19.0. The summed E-state index contributed by atoms with van der Waals surface area (Å²) in [5.41, 5.74) is -4.68. The summed E-state index contributed by atoms with van der Waals surface area (Å²) in [5, 5.41) is 6.58. The number of carbonyl (C=O) groups is 1. The summed E-state index contributed by atoms with van der Waals surface area (Å²) in [6.45, 7) is 1.35. The molecule has 4 aliphatic rings. The Labute approximate surface area is 393 Å². The Balaban J connectivity index is 1.23. The van der Waals surface area contributed by atoms with Gasteiger partial charge < -0.3 is 0 Å². The van der Waals surface area contributed by atoms with Gasteiger partial charge in [-0.3, -0.25) is 14.2 Å². The zero-order valence-corrected chi connectivity index (χ0v) is 39.1. The minimum Gasteiger partial charge on any atom is -0.298 e. The number of Topliss-reactive ketones (excluding diaryl/α,β-unsaturated/α-hetero) is 1. The highest BCUT2D eigenvalue weighted by Gasteiger charge is 2.68. The summed E-state index contributed by atoms with van der Waals surface area (Å²) in [7, 11) is -7.81. The van der Waals surface area contributed by atoms with Gasteiger partial charge in [-0.2, -0.15) is 45.3 Å². The molecule has 0 spiro atoms. The van der Waals surface area contributed by atoms with Gasteiger partial charge in [0.15, 0.2) is 31.2 Å². The van der Waals surface area contributed by atoms with Crippen molar-refractivity contribution in [3.63, 3.8) is 0 Å². The van der Waals surface area contributed by atoms with Crippen molar-refractivity contribution in [2.45, 2.75) is 129 Å². The molecular weight excluding hydrogens is 992 g/mol. The zero-order chi connectivity index (χ0) is 50.2. The average Bonchev–Trinajstić information content (AvgIpc) is 4.15. The maximum absolute atomic E-state index is 15.6. The predicted octanol–water partition coefficient (Wildman–Crippen LogP) is 10.2. The molecule has 69 heavy (non-hydrogen) atoms. The number of alkyl halides is 8. The molecule has 2 aromatic carbocycles. The Kier molecular flexibility index (Phi) is 11.5. The minimum atomic E-state index is -5.16. The van der Waals surface area contributed by atoms with Crippen molar-refractivity contribution in [3.05, 3.63) is 98.7 Å². The lowest BCUT2D eigenvalue weighted by atomic mass is 9.86. The van der Waals surface area contributed by atoms with Crippen LogP contribution in [-0.4, -0.2) is 68.1 Å². The van der Waals surface area contributed by atoms with Gasteiger partial charge in [-0.15, -0.1) is 0 Å². The van der Waals surface area contributed by atoms with Crippen LogP contribution in [0.15, 0.2) is 42.5 Å². The maximum atomic E-state index is 15.6. The van der Waals surface area contributed by atoms with E-state index in [0.717, 1.165) is 12.1 Å². The smallest absolute Gasteiger partial charge is 0.298 e. The third-order valence-corrected chi connectivity index (χ3v) is 19.2. The Bertz CT molecular complexity index is 3250. The van der Waals surface area contributed by atoms with Crippen molar-refractivity contribution >= 4 is 48.0 Å². The number of nitrogens with zero attached hydrogens (tertiary/aromatic N) is 5. The van der Waals surface area contributed by atoms with Gasteiger partial charge in [-0.25, -0.2) is 30.6 Å². The summed E-state index contributed by atoms with van der Waals surface area (Å²) >= 11 is 6.66. The van der Waals surface area contributed by atoms with E-state index in [2.05, 4.69) is 27.0 Å². The molecule has 4 aliphatic carbocycles. The number of hydrogen-bond acceptors (Lipinski definition) is 8. The first-order valence-electron chi connectivity index (χ1n) is 21.7. The fourth-order valence-electron chi connectivity index (χ4n) is 9.34. The van der Waals surface area contributed by atoms with Crippen molar-refractivity contribution in [2.75, 3.05) is 0 Å². The van der Waals surface area contributed by atoms with E-state index in [-0.39, 0.29) is 56.1 Å². The van der Waals surface area contributed by atoms with Gasteiger partial charge in [-0.1, -0.05) is 23.6 Å². The van der Waals surface area contributed by atoms with E-state index in [9.17, 15) is 56.8 Å². The van der Waals surface area contributed by atoms with Gasteiger partial charge in [-0.05, 0) is 107 Å². The summed E-state index contributed by atoms with van der Waals surface area (Å²) < 4.78 is 198. The normalized spacial score (nSPS) is 20.0. The molecule has 0 N–H and O–H groups in total. The van der Waals surface area contributed by atoms with Crippen LogP contribution in [0.3, 0.4) is 0 Å². The topological polar surface area (TPSA) is 134 Å². The molecule has 9 rings (SSSR count). The number of aromatic nitrogens is 5. The van der Waals surface area contributed by atoms with E-state index in [0.29, 0.717) is 41.1 Å². The molecule has 3 fully saturated rings. The molecule has 3 aromatic heterocycles. The van der Waals surface area contributed by atoms with Crippen LogP contribution in [0.2, 0.25) is 5.02 Å². The quantitative estimate of drug-likeness (QED) is 0.0793. The van der Waals surface area contributed by atoms with Crippen molar-refractivity contribution in [2.24, 2.45) is 5.92 Å². The number of rotatable bonds is 14. The molecule has 0 bridgehead atoms. The number of pyridine rings is 1. The minimum absolute atomic E-state index is 0.0837. The number of sulfone groups is 2. The molecule has 368 valence electrons. The number of ketones is 1. The molecule has 10 nitrogen and oxygen atoms in total. The highest BCUT2D eigenvalue weighted by atomic mass is 35.5. The summed E-state index contributed by atoms with van der Waals surface area (Å²) in [6, 6.07) is 7.51. The first-order valence-corrected chi connectivity index (χ1v) is 25.3. The first kappa shape index (κ1) is 49.0. The van der Waals surface area contributed by atoms with Crippen LogP contribution in [0.5, 0.6) is 0 Å². The SMILES string of the molecule is CC1(S(=O)(=O)Cc2nn(CC(F)(F)F)c3c(-c4ccc(C#CC(C)(C)S(=O)(=O)C5CC5)nc4[C@@H](CC(=O)Cn4nc(C(F)(F)F)c5c4C(F)(F)[C@@H]4C[C@H]54)Cc4cc(F)cc(F)c4)ccc(Cl)c23)CC1. The summed E-state index contributed by atoms with van der Waals surface area (Å²) in [5.74, 6) is -6.28. The molecule has 0 aliphatic heterocycles. The highest BCUT2D eigenvalue weighted by molar-refractivity contribution is 7.94. The predicted molar refractivity (Wildman–Crippen MR) is 232 cm³/mol. The van der Waals surface area contributed by atoms with Gasteiger partial charge in [0.05, 0.1) is 37.7 Å². The number of fused-ring (bicyclic) bond motifs is 4. The lowest BCUT2D eigenvalue weighted by molar-refractivity contribution is -0.143. The van der Waals surface area contributed by atoms with Gasteiger partial charge in [0, 0.05) is 46.4 Å². The molecule has 5 aromatic rings. The largest absolute Gasteiger partial charge is 0.435 e. The Hall–Kier alpha value is -5.01. The molecule has 3 atom stereocenters. The molecule has 0 unspecified atom stereocenters. The van der Waals surface area contributed by atoms with Crippen molar-refractivity contribution in [1.82, 2.24) is 24.5 Å². The second-order valence-electron chi connectivity index (χ2n) is 19.1. The van der Waals surface area contributed by atoms with Gasteiger partial charge in [0.2, 0.25) is 0 Å². The van der Waals surface area contributed by atoms with E-state index in [1.54, 1.807) is 0 Å². The Morgan fingerprint density at radius 1 is 0.928 bits per heavy atom. The van der Waals surface area contributed by atoms with Crippen molar-refractivity contribution in [1.29, 1.82) is 0 Å². The number of benzene rings is 2. The van der Waals surface area contributed by atoms with Crippen LogP contribution in [-0.2, 0) is 61.8 Å². The first-order chi connectivity index (χ1) is 31.9. The van der Waals surface area contributed by atoms with Crippen LogP contribution in [0, 0.1) is 29.4 Å². The lowest BCUT2D eigenvalue weighted by Gasteiger charge is -2.22. The zero-order valence-electron chi connectivity index (χ0n) is 36.7. The monoisotopic (exact) mass is 1030 g/mol. The fourth-order valence-corrected chi connectivity index (χ4v) is 13.0. The van der Waals surface area contributed by atoms with Gasteiger partial charge >= 0.3 is 12.4 Å². The molecule has 0 radical (unpaired) electrons. The number of carbonyl (C=O) groups excluding carboxylic acids is 1. The lowest BCUT2D eigenvalue weighted by Crippen LogP contribution is -2.33. The highest BCUT2D eigenvalue weighted by Crippen LogP contribution is 2.68. The van der Waals surface area contributed by atoms with E-state index in [1.165, 1.54) is 45.0 Å². The average molecular weight is 1030 g/mol. The van der Waals surface area contributed by atoms with E-state index in [4.69, 9.17) is 11.6 Å². The summed E-state index contributed by atoms with van der Waals surface area (Å²) in [6.07, 6.45) is -10.2. The molecular formula is C46H40ClF10N5O5S2. The van der Waals surface area contributed by atoms with Crippen LogP contribution >= 0.6 is 11.6 Å². The molecule has 3 heterocycles. The molecule has 0 amide bonds. The van der Waals surface area contributed by atoms with Crippen LogP contribution in [0.25, 0.3) is 22.0 Å². The third-order valence-electron chi connectivity index (χ3n) is 13.4. The fraction of sp³-hybridized carbons (Fsp3) is 0.478. The van der Waals surface area contributed by atoms with E-state index < -0.39 is 137 Å². The van der Waals surface area contributed by atoms with Crippen molar-refractivity contribution in [3.8, 4) is 23.0 Å². The van der Waals surface area contributed by atoms with Gasteiger partial charge in [0.25, 0.3) is 5.92 Å². The number of hydrogen-bond donors (Lipinski definition) is 0. The molecule has 23 heteroatoms. The maximum Gasteiger partial charge on any atom is 0.435 e. The van der Waals surface area contributed by atoms with Crippen LogP contribution in [0.4, 0.5) is 43.9 Å². The second-order valence-corrected chi connectivity index (χ2v) is 24.8.